The number of hydrogen-bond acceptors (Lipinski definition) is 1. The van der Waals surface area contributed by atoms with Crippen LogP contribution in [0, 0.1) is 69.8 Å². The lowest BCUT2D eigenvalue weighted by Gasteiger charge is -2.62. The molecule has 4 aliphatic carbocycles. The van der Waals surface area contributed by atoms with Crippen molar-refractivity contribution < 1.29 is 13.6 Å². The van der Waals surface area contributed by atoms with Crippen LogP contribution in [0.2, 0.25) is 0 Å². The second kappa shape index (κ2) is 10.4. The topological polar surface area (TPSA) is 17.1 Å². The Labute approximate surface area is 224 Å². The van der Waals surface area contributed by atoms with Crippen LogP contribution < -0.4 is 0 Å². The molecular formula is C34H50F2O. The van der Waals surface area contributed by atoms with Gasteiger partial charge in [-0.3, -0.25) is 4.79 Å². The number of hydrogen-bond donors (Lipinski definition) is 0. The molecule has 1 aromatic carbocycles. The van der Waals surface area contributed by atoms with Crippen molar-refractivity contribution in [3.8, 4) is 0 Å². The lowest BCUT2D eigenvalue weighted by atomic mass is 9.43. The summed E-state index contributed by atoms with van der Waals surface area (Å²) in [6.07, 6.45) is 13.9. The van der Waals surface area contributed by atoms with Crippen molar-refractivity contribution in [2.45, 2.75) is 112 Å². The zero-order chi connectivity index (χ0) is 26.5. The van der Waals surface area contributed by atoms with Gasteiger partial charge in [-0.1, -0.05) is 59.9 Å². The Hall–Kier alpha value is -1.25. The fourth-order valence-corrected chi connectivity index (χ4v) is 10.5. The van der Waals surface area contributed by atoms with Crippen molar-refractivity contribution >= 4 is 5.78 Å². The number of carbonyl (C=O) groups excluding carboxylic acids is 1. The molecule has 0 amide bonds. The maximum atomic E-state index is 14.6. The number of halogens is 2. The van der Waals surface area contributed by atoms with Gasteiger partial charge in [0.25, 0.3) is 0 Å². The third-order valence-corrected chi connectivity index (χ3v) is 12.4. The van der Waals surface area contributed by atoms with E-state index < -0.39 is 11.6 Å². The summed E-state index contributed by atoms with van der Waals surface area (Å²) in [5.74, 6) is 4.25. The zero-order valence-electron chi connectivity index (χ0n) is 24.0. The maximum absolute atomic E-state index is 14.6. The SMILES string of the molecule is CC(C)CCC[C@@H](C)[C@H]1CC[C@H]2[C@@H]3CC[C@H]4[C@H](Cc5ccc(F)cc5F)C(=O)CC[C@]4(C)[C@H]3CC[C@]12C. The van der Waals surface area contributed by atoms with Gasteiger partial charge in [-0.05, 0) is 115 Å². The molecule has 3 heteroatoms. The highest BCUT2D eigenvalue weighted by molar-refractivity contribution is 5.82. The van der Waals surface area contributed by atoms with Crippen molar-refractivity contribution in [1.82, 2.24) is 0 Å². The lowest BCUT2D eigenvalue weighted by molar-refractivity contribution is -0.152. The van der Waals surface area contributed by atoms with Crippen molar-refractivity contribution in [3.05, 3.63) is 35.4 Å². The number of rotatable bonds is 7. The summed E-state index contributed by atoms with van der Waals surface area (Å²) in [5, 5.41) is 0. The van der Waals surface area contributed by atoms with Crippen LogP contribution in [0.5, 0.6) is 0 Å². The molecule has 4 fully saturated rings. The molecule has 0 saturated heterocycles. The van der Waals surface area contributed by atoms with Crippen LogP contribution in [0.3, 0.4) is 0 Å². The van der Waals surface area contributed by atoms with Gasteiger partial charge in [-0.15, -0.1) is 0 Å². The van der Waals surface area contributed by atoms with Crippen LogP contribution in [-0.2, 0) is 11.2 Å². The molecule has 206 valence electrons. The summed E-state index contributed by atoms with van der Waals surface area (Å²) in [7, 11) is 0. The van der Waals surface area contributed by atoms with Crippen molar-refractivity contribution in [1.29, 1.82) is 0 Å². The average molecular weight is 513 g/mol. The predicted molar refractivity (Wildman–Crippen MR) is 147 cm³/mol. The molecule has 0 heterocycles. The van der Waals surface area contributed by atoms with Gasteiger partial charge in [0.2, 0.25) is 0 Å². The fraction of sp³-hybridized carbons (Fsp3) is 0.794. The van der Waals surface area contributed by atoms with Gasteiger partial charge in [0, 0.05) is 18.4 Å². The molecule has 0 aliphatic heterocycles. The van der Waals surface area contributed by atoms with Crippen LogP contribution in [-0.4, -0.2) is 5.78 Å². The summed E-state index contributed by atoms with van der Waals surface area (Å²) in [4.78, 5) is 13.2. The van der Waals surface area contributed by atoms with Crippen molar-refractivity contribution in [2.75, 3.05) is 0 Å². The molecule has 1 nitrogen and oxygen atoms in total. The minimum atomic E-state index is -0.545. The molecule has 37 heavy (non-hydrogen) atoms. The number of ketones is 1. The van der Waals surface area contributed by atoms with E-state index in [0.717, 1.165) is 48.5 Å². The molecular weight excluding hydrogens is 462 g/mol. The maximum Gasteiger partial charge on any atom is 0.136 e. The van der Waals surface area contributed by atoms with Crippen molar-refractivity contribution in [2.24, 2.45) is 58.2 Å². The minimum absolute atomic E-state index is 0.120. The summed E-state index contributed by atoms with van der Waals surface area (Å²) < 4.78 is 28.1. The zero-order valence-corrected chi connectivity index (χ0v) is 24.0. The molecule has 0 N–H and O–H groups in total. The Balaban J connectivity index is 1.33. The fourth-order valence-electron chi connectivity index (χ4n) is 10.5. The van der Waals surface area contributed by atoms with Crippen molar-refractivity contribution in [3.63, 3.8) is 0 Å². The molecule has 4 aliphatic rings. The first-order valence-corrected chi connectivity index (χ1v) is 15.5. The van der Waals surface area contributed by atoms with E-state index in [-0.39, 0.29) is 11.3 Å². The summed E-state index contributed by atoms with van der Waals surface area (Å²) in [6.45, 7) is 12.3. The number of benzene rings is 1. The van der Waals surface area contributed by atoms with E-state index in [4.69, 9.17) is 0 Å². The number of carbonyl (C=O) groups is 1. The van der Waals surface area contributed by atoms with Gasteiger partial charge in [0.1, 0.15) is 17.4 Å². The summed E-state index contributed by atoms with van der Waals surface area (Å²) >= 11 is 0. The van der Waals surface area contributed by atoms with Gasteiger partial charge in [0.15, 0.2) is 0 Å². The Bertz CT molecular complexity index is 986. The molecule has 4 saturated carbocycles. The van der Waals surface area contributed by atoms with Gasteiger partial charge in [-0.25, -0.2) is 8.78 Å². The van der Waals surface area contributed by atoms with E-state index in [1.807, 2.05) is 0 Å². The molecule has 0 radical (unpaired) electrons. The van der Waals surface area contributed by atoms with E-state index >= 15 is 0 Å². The van der Waals surface area contributed by atoms with Crippen LogP contribution in [0.15, 0.2) is 18.2 Å². The number of Topliss-reactive ketones (excluding diaryl/α,β-unsaturated/α-hetero) is 1. The quantitative estimate of drug-likeness (QED) is 0.355. The monoisotopic (exact) mass is 512 g/mol. The van der Waals surface area contributed by atoms with E-state index in [1.54, 1.807) is 6.07 Å². The highest BCUT2D eigenvalue weighted by atomic mass is 19.1. The molecule has 0 unspecified atom stereocenters. The third kappa shape index (κ3) is 4.84. The third-order valence-electron chi connectivity index (χ3n) is 12.4. The van der Waals surface area contributed by atoms with E-state index in [9.17, 15) is 13.6 Å². The molecule has 0 bridgehead atoms. The predicted octanol–water partition coefficient (Wildman–Crippen LogP) is 9.42. The normalized spacial score (nSPS) is 40.3. The molecule has 1 aromatic rings. The Morgan fingerprint density at radius 3 is 2.35 bits per heavy atom. The Morgan fingerprint density at radius 1 is 0.892 bits per heavy atom. The smallest absolute Gasteiger partial charge is 0.136 e. The highest BCUT2D eigenvalue weighted by Gasteiger charge is 2.61. The van der Waals surface area contributed by atoms with Crippen LogP contribution in [0.1, 0.15) is 111 Å². The molecule has 0 spiro atoms. The van der Waals surface area contributed by atoms with Crippen LogP contribution in [0.4, 0.5) is 8.78 Å². The lowest BCUT2D eigenvalue weighted by Crippen LogP contribution is -2.56. The first kappa shape index (κ1) is 27.3. The minimum Gasteiger partial charge on any atom is -0.299 e. The van der Waals surface area contributed by atoms with Gasteiger partial charge >= 0.3 is 0 Å². The van der Waals surface area contributed by atoms with Gasteiger partial charge < -0.3 is 0 Å². The van der Waals surface area contributed by atoms with E-state index in [0.29, 0.717) is 41.4 Å². The first-order chi connectivity index (χ1) is 17.5. The summed E-state index contributed by atoms with van der Waals surface area (Å²) in [5.41, 5.74) is 1.15. The van der Waals surface area contributed by atoms with Gasteiger partial charge in [-0.2, -0.15) is 0 Å². The van der Waals surface area contributed by atoms with Gasteiger partial charge in [0.05, 0.1) is 0 Å². The molecule has 9 atom stereocenters. The Kier molecular flexibility index (Phi) is 7.67. The second-order valence-electron chi connectivity index (χ2n) is 14.6. The Morgan fingerprint density at radius 2 is 1.62 bits per heavy atom. The van der Waals surface area contributed by atoms with Crippen LogP contribution >= 0.6 is 0 Å². The number of fused-ring (bicyclic) bond motifs is 5. The van der Waals surface area contributed by atoms with E-state index in [2.05, 4.69) is 34.6 Å². The average Bonchev–Trinajstić information content (AvgIpc) is 3.19. The standard InChI is InChI=1S/C34H50F2O/c1-21(2)7-6-8-22(3)27-13-14-28-25-11-12-29-26(19-23-9-10-24(35)20-31(23)36)32(37)16-18-34(29,5)30(25)15-17-33(27,28)4/h9-10,20-22,25-30H,6-8,11-19H2,1-5H3/t22-,25+,26+,27-,28+,29+,30+,33-,34+/m1/s1. The second-order valence-corrected chi connectivity index (χ2v) is 14.6. The molecule has 0 aromatic heterocycles. The van der Waals surface area contributed by atoms with Crippen LogP contribution in [0.25, 0.3) is 0 Å². The first-order valence-electron chi connectivity index (χ1n) is 15.5. The largest absolute Gasteiger partial charge is 0.299 e. The highest BCUT2D eigenvalue weighted by Crippen LogP contribution is 2.68. The molecule has 5 rings (SSSR count). The summed E-state index contributed by atoms with van der Waals surface area (Å²) in [6, 6.07) is 3.87. The van der Waals surface area contributed by atoms with E-state index in [1.165, 1.54) is 57.4 Å².